The van der Waals surface area contributed by atoms with Crippen LogP contribution in [-0.2, 0) is 21.4 Å². The maximum Gasteiger partial charge on any atom is 0.251 e. The number of nitrogens with zero attached hydrogens (tertiary/aromatic N) is 3. The molecule has 1 amide bonds. The minimum atomic E-state index is -3.67. The van der Waals surface area contributed by atoms with E-state index in [4.69, 9.17) is 0 Å². The molecule has 140 valence electrons. The third kappa shape index (κ3) is 3.60. The Kier molecular flexibility index (Phi) is 5.31. The zero-order chi connectivity index (χ0) is 18.9. The number of carbonyl (C=O) groups excluding carboxylic acids is 1. The molecule has 3 heterocycles. The van der Waals surface area contributed by atoms with Crippen molar-refractivity contribution in [1.82, 2.24) is 13.8 Å². The normalized spacial score (nSPS) is 17.8. The zero-order valence-corrected chi connectivity index (χ0v) is 16.3. The summed E-state index contributed by atoms with van der Waals surface area (Å²) in [5.41, 5.74) is -0.400. The quantitative estimate of drug-likeness (QED) is 0.769. The molecule has 9 heteroatoms. The molecule has 1 aliphatic heterocycles. The molecule has 1 fully saturated rings. The SMILES string of the molecule is CN(C)S(=O)(=O)c1ccc(=O)n(CC(=O)N2CCC[C@@H]2c2cccs2)c1. The van der Waals surface area contributed by atoms with E-state index in [1.807, 2.05) is 17.5 Å². The van der Waals surface area contributed by atoms with Gasteiger partial charge in [-0.15, -0.1) is 11.3 Å². The molecule has 0 unspecified atom stereocenters. The summed E-state index contributed by atoms with van der Waals surface area (Å²) in [5.74, 6) is -0.178. The van der Waals surface area contributed by atoms with Gasteiger partial charge in [-0.3, -0.25) is 9.59 Å². The van der Waals surface area contributed by atoms with Crippen LogP contribution in [0.25, 0.3) is 0 Å². The molecule has 1 aliphatic rings. The first-order chi connectivity index (χ1) is 12.3. The lowest BCUT2D eigenvalue weighted by atomic mass is 10.2. The van der Waals surface area contributed by atoms with Gasteiger partial charge in [-0.2, -0.15) is 0 Å². The third-order valence-corrected chi connectivity index (χ3v) is 7.26. The molecule has 0 saturated carbocycles. The first-order valence-corrected chi connectivity index (χ1v) is 10.6. The van der Waals surface area contributed by atoms with Gasteiger partial charge in [0.2, 0.25) is 15.9 Å². The predicted molar refractivity (Wildman–Crippen MR) is 99.6 cm³/mol. The number of aromatic nitrogens is 1. The molecule has 0 spiro atoms. The second-order valence-corrected chi connectivity index (χ2v) is 9.51. The smallest absolute Gasteiger partial charge is 0.251 e. The minimum absolute atomic E-state index is 0.00821. The van der Waals surface area contributed by atoms with Crippen molar-refractivity contribution in [3.05, 3.63) is 51.1 Å². The maximum absolute atomic E-state index is 12.8. The number of amides is 1. The Morgan fingerprint density at radius 1 is 1.31 bits per heavy atom. The van der Waals surface area contributed by atoms with Crippen molar-refractivity contribution in [2.45, 2.75) is 30.3 Å². The molecule has 26 heavy (non-hydrogen) atoms. The summed E-state index contributed by atoms with van der Waals surface area (Å²) in [6.07, 6.45) is 3.06. The standard InChI is InChI=1S/C17H21N3O4S2/c1-18(2)26(23,24)13-7-8-16(21)19(11-13)12-17(22)20-9-3-5-14(20)15-6-4-10-25-15/h4,6-8,10-11,14H,3,5,9,12H2,1-2H3/t14-/m1/s1. The van der Waals surface area contributed by atoms with Crippen LogP contribution in [-0.4, -0.2) is 48.7 Å². The summed E-state index contributed by atoms with van der Waals surface area (Å²) in [6, 6.07) is 6.46. The summed E-state index contributed by atoms with van der Waals surface area (Å²) >= 11 is 1.61. The molecular weight excluding hydrogens is 374 g/mol. The van der Waals surface area contributed by atoms with Crippen molar-refractivity contribution in [2.24, 2.45) is 0 Å². The Balaban J connectivity index is 1.84. The lowest BCUT2D eigenvalue weighted by molar-refractivity contribution is -0.132. The van der Waals surface area contributed by atoms with E-state index in [0.717, 1.165) is 22.0 Å². The van der Waals surface area contributed by atoms with Crippen molar-refractivity contribution in [3.63, 3.8) is 0 Å². The Morgan fingerprint density at radius 2 is 2.08 bits per heavy atom. The van der Waals surface area contributed by atoms with E-state index in [1.54, 1.807) is 16.2 Å². The van der Waals surface area contributed by atoms with Crippen LogP contribution in [0.2, 0.25) is 0 Å². The molecule has 0 aliphatic carbocycles. The average Bonchev–Trinajstić information content (AvgIpc) is 3.27. The summed E-state index contributed by atoms with van der Waals surface area (Å²) < 4.78 is 26.8. The Labute approximate surface area is 156 Å². The van der Waals surface area contributed by atoms with E-state index in [0.29, 0.717) is 6.54 Å². The first kappa shape index (κ1) is 18.8. The van der Waals surface area contributed by atoms with Gasteiger partial charge in [-0.25, -0.2) is 12.7 Å². The highest BCUT2D eigenvalue weighted by Crippen LogP contribution is 2.34. The molecule has 2 aromatic rings. The Hall–Kier alpha value is -1.97. The number of sulfonamides is 1. The summed E-state index contributed by atoms with van der Waals surface area (Å²) in [6.45, 7) is 0.476. The van der Waals surface area contributed by atoms with Gasteiger partial charge in [0.1, 0.15) is 6.54 Å². The van der Waals surface area contributed by atoms with Gasteiger partial charge in [0.25, 0.3) is 5.56 Å². The highest BCUT2D eigenvalue weighted by molar-refractivity contribution is 7.89. The van der Waals surface area contributed by atoms with Crippen LogP contribution in [0.1, 0.15) is 23.8 Å². The largest absolute Gasteiger partial charge is 0.333 e. The van der Waals surface area contributed by atoms with E-state index < -0.39 is 15.6 Å². The van der Waals surface area contributed by atoms with Gasteiger partial charge in [0, 0.05) is 37.8 Å². The second-order valence-electron chi connectivity index (χ2n) is 6.38. The van der Waals surface area contributed by atoms with E-state index >= 15 is 0 Å². The molecule has 0 N–H and O–H groups in total. The van der Waals surface area contributed by atoms with Gasteiger partial charge < -0.3 is 9.47 Å². The highest BCUT2D eigenvalue weighted by atomic mass is 32.2. The third-order valence-electron chi connectivity index (χ3n) is 4.49. The van der Waals surface area contributed by atoms with E-state index in [1.165, 1.54) is 37.0 Å². The predicted octanol–water partition coefficient (Wildman–Crippen LogP) is 1.52. The van der Waals surface area contributed by atoms with Gasteiger partial charge >= 0.3 is 0 Å². The number of carbonyl (C=O) groups is 1. The van der Waals surface area contributed by atoms with Crippen molar-refractivity contribution >= 4 is 27.3 Å². The fourth-order valence-electron chi connectivity index (χ4n) is 3.07. The van der Waals surface area contributed by atoms with Crippen LogP contribution >= 0.6 is 11.3 Å². The Morgan fingerprint density at radius 3 is 2.73 bits per heavy atom. The molecule has 0 aromatic carbocycles. The lowest BCUT2D eigenvalue weighted by Crippen LogP contribution is -2.36. The van der Waals surface area contributed by atoms with Crippen LogP contribution in [0.15, 0.2) is 45.5 Å². The van der Waals surface area contributed by atoms with Crippen molar-refractivity contribution in [1.29, 1.82) is 0 Å². The van der Waals surface area contributed by atoms with Crippen LogP contribution in [0, 0.1) is 0 Å². The summed E-state index contributed by atoms with van der Waals surface area (Å²) in [7, 11) is -0.822. The Bertz CT molecular complexity index is 949. The van der Waals surface area contributed by atoms with Crippen molar-refractivity contribution in [2.75, 3.05) is 20.6 Å². The van der Waals surface area contributed by atoms with E-state index in [9.17, 15) is 18.0 Å². The molecular formula is C17H21N3O4S2. The molecule has 1 saturated heterocycles. The van der Waals surface area contributed by atoms with Crippen LogP contribution < -0.4 is 5.56 Å². The van der Waals surface area contributed by atoms with Gasteiger partial charge in [0.05, 0.1) is 10.9 Å². The number of hydrogen-bond acceptors (Lipinski definition) is 5. The second kappa shape index (κ2) is 7.34. The molecule has 3 rings (SSSR count). The lowest BCUT2D eigenvalue weighted by Gasteiger charge is -2.24. The summed E-state index contributed by atoms with van der Waals surface area (Å²) in [5, 5.41) is 1.98. The topological polar surface area (TPSA) is 79.7 Å². The summed E-state index contributed by atoms with van der Waals surface area (Å²) in [4.78, 5) is 27.8. The number of likely N-dealkylation sites (tertiary alicyclic amines) is 1. The number of hydrogen-bond donors (Lipinski definition) is 0. The van der Waals surface area contributed by atoms with E-state index in [2.05, 4.69) is 0 Å². The highest BCUT2D eigenvalue weighted by Gasteiger charge is 2.30. The number of pyridine rings is 1. The van der Waals surface area contributed by atoms with E-state index in [-0.39, 0.29) is 23.4 Å². The molecule has 0 radical (unpaired) electrons. The minimum Gasteiger partial charge on any atom is -0.333 e. The van der Waals surface area contributed by atoms with Gasteiger partial charge in [-0.05, 0) is 30.4 Å². The van der Waals surface area contributed by atoms with Gasteiger partial charge in [-0.1, -0.05) is 6.07 Å². The molecule has 2 aromatic heterocycles. The zero-order valence-electron chi connectivity index (χ0n) is 14.7. The molecule has 1 atom stereocenters. The van der Waals surface area contributed by atoms with Crippen molar-refractivity contribution < 1.29 is 13.2 Å². The molecule has 7 nitrogen and oxygen atoms in total. The maximum atomic E-state index is 12.8. The number of rotatable bonds is 5. The fraction of sp³-hybridized carbons (Fsp3) is 0.412. The fourth-order valence-corrected chi connectivity index (χ4v) is 4.87. The first-order valence-electron chi connectivity index (χ1n) is 8.26. The number of thiophene rings is 1. The van der Waals surface area contributed by atoms with Crippen LogP contribution in [0.5, 0.6) is 0 Å². The molecule has 0 bridgehead atoms. The van der Waals surface area contributed by atoms with Gasteiger partial charge in [0.15, 0.2) is 0 Å². The van der Waals surface area contributed by atoms with Crippen LogP contribution in [0.3, 0.4) is 0 Å². The average molecular weight is 396 g/mol. The van der Waals surface area contributed by atoms with Crippen molar-refractivity contribution in [3.8, 4) is 0 Å². The monoisotopic (exact) mass is 395 g/mol. The van der Waals surface area contributed by atoms with Crippen LogP contribution in [0.4, 0.5) is 0 Å².